The van der Waals surface area contributed by atoms with Gasteiger partial charge in [0.2, 0.25) is 0 Å². The number of hydrogen-bond acceptors (Lipinski definition) is 2. The number of nitrogens with zero attached hydrogens (tertiary/aromatic N) is 1. The number of aryl methyl sites for hydroxylation is 1. The molecule has 2 heteroatoms. The largest absolute Gasteiger partial charge is 0.394 e. The minimum absolute atomic E-state index is 0.0687. The highest BCUT2D eigenvalue weighted by molar-refractivity contribution is 5.15. The van der Waals surface area contributed by atoms with Crippen LogP contribution in [-0.4, -0.2) is 35.2 Å². The Labute approximate surface area is 123 Å². The first-order valence-corrected chi connectivity index (χ1v) is 7.85. The molecule has 0 aromatic heterocycles. The van der Waals surface area contributed by atoms with Crippen molar-refractivity contribution in [3.8, 4) is 0 Å². The fourth-order valence-corrected chi connectivity index (χ4v) is 3.09. The Bertz CT molecular complexity index is 405. The second-order valence-electron chi connectivity index (χ2n) is 7.25. The van der Waals surface area contributed by atoms with Crippen LogP contribution in [0.1, 0.15) is 45.6 Å². The first-order chi connectivity index (χ1) is 9.45. The van der Waals surface area contributed by atoms with Crippen molar-refractivity contribution in [1.29, 1.82) is 0 Å². The van der Waals surface area contributed by atoms with Gasteiger partial charge in [-0.05, 0) is 63.6 Å². The first-order valence-electron chi connectivity index (χ1n) is 7.85. The average molecular weight is 275 g/mol. The molecule has 112 valence electrons. The van der Waals surface area contributed by atoms with E-state index in [0.717, 1.165) is 13.1 Å². The second kappa shape index (κ2) is 6.28. The topological polar surface area (TPSA) is 23.5 Å². The molecule has 1 saturated heterocycles. The maximum Gasteiger partial charge on any atom is 0.0610 e. The van der Waals surface area contributed by atoms with Crippen molar-refractivity contribution in [2.75, 3.05) is 19.7 Å². The number of aliphatic hydroxyl groups excluding tert-OH is 1. The molecule has 0 spiro atoms. The van der Waals surface area contributed by atoms with Crippen LogP contribution in [-0.2, 0) is 6.42 Å². The highest BCUT2D eigenvalue weighted by Crippen LogP contribution is 2.37. The Balaban J connectivity index is 1.85. The molecular weight excluding hydrogens is 246 g/mol. The van der Waals surface area contributed by atoms with Crippen molar-refractivity contribution in [3.05, 3.63) is 35.9 Å². The molecule has 1 aliphatic rings. The van der Waals surface area contributed by atoms with Crippen molar-refractivity contribution >= 4 is 0 Å². The number of piperidine rings is 1. The lowest BCUT2D eigenvalue weighted by Crippen LogP contribution is -2.52. The first kappa shape index (κ1) is 15.5. The van der Waals surface area contributed by atoms with Crippen LogP contribution >= 0.6 is 0 Å². The van der Waals surface area contributed by atoms with Gasteiger partial charge in [-0.1, -0.05) is 37.3 Å². The molecule has 0 saturated carbocycles. The van der Waals surface area contributed by atoms with Crippen LogP contribution < -0.4 is 0 Å². The third-order valence-electron chi connectivity index (χ3n) is 5.07. The highest BCUT2D eigenvalue weighted by Gasteiger charge is 2.35. The third-order valence-corrected chi connectivity index (χ3v) is 5.07. The van der Waals surface area contributed by atoms with Crippen LogP contribution in [0.5, 0.6) is 0 Å². The molecule has 0 radical (unpaired) electrons. The molecule has 0 amide bonds. The summed E-state index contributed by atoms with van der Waals surface area (Å²) in [7, 11) is 0. The van der Waals surface area contributed by atoms with E-state index >= 15 is 0 Å². The minimum Gasteiger partial charge on any atom is -0.394 e. The van der Waals surface area contributed by atoms with Crippen LogP contribution in [0.15, 0.2) is 30.3 Å². The standard InChI is InChI=1S/C18H29NO/c1-17(2,15-20)19-13-11-18(3,12-14-19)10-9-16-7-5-4-6-8-16/h4-8,20H,9-15H2,1-3H3. The minimum atomic E-state index is -0.0687. The van der Waals surface area contributed by atoms with E-state index in [1.807, 2.05) is 0 Å². The van der Waals surface area contributed by atoms with Crippen molar-refractivity contribution < 1.29 is 5.11 Å². The quantitative estimate of drug-likeness (QED) is 0.889. The lowest BCUT2D eigenvalue weighted by molar-refractivity contribution is 0.00647. The maximum absolute atomic E-state index is 9.49. The van der Waals surface area contributed by atoms with E-state index in [-0.39, 0.29) is 12.1 Å². The summed E-state index contributed by atoms with van der Waals surface area (Å²) >= 11 is 0. The van der Waals surface area contributed by atoms with E-state index in [1.165, 1.54) is 31.2 Å². The molecule has 1 aliphatic heterocycles. The summed E-state index contributed by atoms with van der Waals surface area (Å²) < 4.78 is 0. The van der Waals surface area contributed by atoms with Crippen LogP contribution in [0, 0.1) is 5.41 Å². The van der Waals surface area contributed by atoms with Crippen LogP contribution in [0.4, 0.5) is 0 Å². The van der Waals surface area contributed by atoms with Gasteiger partial charge in [-0.2, -0.15) is 0 Å². The summed E-state index contributed by atoms with van der Waals surface area (Å²) in [5.74, 6) is 0. The summed E-state index contributed by atoms with van der Waals surface area (Å²) in [5, 5.41) is 9.49. The summed E-state index contributed by atoms with van der Waals surface area (Å²) in [6.07, 6.45) is 4.93. The third kappa shape index (κ3) is 3.83. The molecule has 0 unspecified atom stereocenters. The molecule has 2 nitrogen and oxygen atoms in total. The van der Waals surface area contributed by atoms with Gasteiger partial charge in [-0.25, -0.2) is 0 Å². The van der Waals surface area contributed by atoms with E-state index in [2.05, 4.69) is 56.0 Å². The SMILES string of the molecule is CC1(CCc2ccccc2)CCN(C(C)(C)CO)CC1. The number of rotatable bonds is 5. The van der Waals surface area contributed by atoms with Gasteiger partial charge in [-0.15, -0.1) is 0 Å². The fourth-order valence-electron chi connectivity index (χ4n) is 3.09. The second-order valence-corrected chi connectivity index (χ2v) is 7.25. The van der Waals surface area contributed by atoms with Gasteiger partial charge in [-0.3, -0.25) is 4.90 Å². The summed E-state index contributed by atoms with van der Waals surface area (Å²) in [4.78, 5) is 2.44. The Kier molecular flexibility index (Phi) is 4.87. The Morgan fingerprint density at radius 2 is 1.75 bits per heavy atom. The van der Waals surface area contributed by atoms with Crippen LogP contribution in [0.2, 0.25) is 0 Å². The zero-order valence-corrected chi connectivity index (χ0v) is 13.2. The molecule has 0 bridgehead atoms. The lowest BCUT2D eigenvalue weighted by atomic mass is 9.75. The van der Waals surface area contributed by atoms with E-state index in [1.54, 1.807) is 0 Å². The molecule has 1 heterocycles. The van der Waals surface area contributed by atoms with E-state index in [4.69, 9.17) is 0 Å². The number of hydrogen-bond donors (Lipinski definition) is 1. The summed E-state index contributed by atoms with van der Waals surface area (Å²) in [6, 6.07) is 10.8. The monoisotopic (exact) mass is 275 g/mol. The van der Waals surface area contributed by atoms with E-state index in [0.29, 0.717) is 5.41 Å². The van der Waals surface area contributed by atoms with E-state index < -0.39 is 0 Å². The number of aliphatic hydroxyl groups is 1. The van der Waals surface area contributed by atoms with Gasteiger partial charge in [0.1, 0.15) is 0 Å². The predicted molar refractivity (Wildman–Crippen MR) is 84.8 cm³/mol. The van der Waals surface area contributed by atoms with Crippen molar-refractivity contribution in [2.24, 2.45) is 5.41 Å². The van der Waals surface area contributed by atoms with Gasteiger partial charge in [0.25, 0.3) is 0 Å². The Morgan fingerprint density at radius 3 is 2.30 bits per heavy atom. The molecule has 2 rings (SSSR count). The van der Waals surface area contributed by atoms with Gasteiger partial charge in [0.05, 0.1) is 6.61 Å². The smallest absolute Gasteiger partial charge is 0.0610 e. The molecule has 0 atom stereocenters. The highest BCUT2D eigenvalue weighted by atomic mass is 16.3. The van der Waals surface area contributed by atoms with Crippen LogP contribution in [0.3, 0.4) is 0 Å². The molecule has 1 aromatic rings. The molecular formula is C18H29NO. The lowest BCUT2D eigenvalue weighted by Gasteiger charge is -2.46. The van der Waals surface area contributed by atoms with E-state index in [9.17, 15) is 5.11 Å². The van der Waals surface area contributed by atoms with Crippen LogP contribution in [0.25, 0.3) is 0 Å². The zero-order chi connectivity index (χ0) is 14.6. The van der Waals surface area contributed by atoms with Crippen molar-refractivity contribution in [2.45, 2.75) is 52.0 Å². The zero-order valence-electron chi connectivity index (χ0n) is 13.2. The molecule has 1 N–H and O–H groups in total. The molecule has 1 fully saturated rings. The average Bonchev–Trinajstić information content (AvgIpc) is 2.47. The number of likely N-dealkylation sites (tertiary alicyclic amines) is 1. The van der Waals surface area contributed by atoms with Gasteiger partial charge < -0.3 is 5.11 Å². The normalized spacial score (nSPS) is 20.0. The predicted octanol–water partition coefficient (Wildman–Crippen LogP) is 3.49. The molecule has 0 aliphatic carbocycles. The maximum atomic E-state index is 9.49. The summed E-state index contributed by atoms with van der Waals surface area (Å²) in [5.41, 5.74) is 1.84. The van der Waals surface area contributed by atoms with Gasteiger partial charge in [0.15, 0.2) is 0 Å². The molecule has 1 aromatic carbocycles. The van der Waals surface area contributed by atoms with Crippen molar-refractivity contribution in [3.63, 3.8) is 0 Å². The fraction of sp³-hybridized carbons (Fsp3) is 0.667. The molecule has 20 heavy (non-hydrogen) atoms. The van der Waals surface area contributed by atoms with Gasteiger partial charge >= 0.3 is 0 Å². The van der Waals surface area contributed by atoms with Gasteiger partial charge in [0, 0.05) is 5.54 Å². The number of benzene rings is 1. The Hall–Kier alpha value is -0.860. The summed E-state index contributed by atoms with van der Waals surface area (Å²) in [6.45, 7) is 9.17. The Morgan fingerprint density at radius 1 is 1.15 bits per heavy atom. The van der Waals surface area contributed by atoms with Crippen molar-refractivity contribution in [1.82, 2.24) is 4.90 Å².